The molecular formula is C13H17Br2N. The Morgan fingerprint density at radius 2 is 2.06 bits per heavy atom. The molecule has 1 aliphatic rings. The molecule has 0 amide bonds. The minimum Gasteiger partial charge on any atom is -0.310 e. The van der Waals surface area contributed by atoms with Crippen LogP contribution < -0.4 is 5.32 Å². The summed E-state index contributed by atoms with van der Waals surface area (Å²) < 4.78 is 2.24. The van der Waals surface area contributed by atoms with Crippen LogP contribution >= 0.6 is 31.9 Å². The van der Waals surface area contributed by atoms with Crippen molar-refractivity contribution in [2.75, 3.05) is 0 Å². The third-order valence-corrected chi connectivity index (χ3v) is 5.35. The fourth-order valence-electron chi connectivity index (χ4n) is 2.03. The van der Waals surface area contributed by atoms with Crippen LogP contribution in [0.15, 0.2) is 27.1 Å². The van der Waals surface area contributed by atoms with Crippen molar-refractivity contribution < 1.29 is 0 Å². The fraction of sp³-hybridized carbons (Fsp3) is 0.538. The Morgan fingerprint density at radius 3 is 2.62 bits per heavy atom. The van der Waals surface area contributed by atoms with Gasteiger partial charge in [0, 0.05) is 21.5 Å². The SMILES string of the molecule is CC(NCc1ccc(Br)c(Br)c1)C1CCC1. The van der Waals surface area contributed by atoms with Gasteiger partial charge in [-0.3, -0.25) is 0 Å². The first-order valence-electron chi connectivity index (χ1n) is 5.84. The standard InChI is InChI=1S/C13H17Br2N/c1-9(11-3-2-4-11)16-8-10-5-6-12(14)13(15)7-10/h5-7,9,11,16H,2-4,8H2,1H3. The van der Waals surface area contributed by atoms with Gasteiger partial charge in [0.25, 0.3) is 0 Å². The maximum atomic E-state index is 3.61. The molecule has 0 spiro atoms. The first kappa shape index (κ1) is 12.6. The van der Waals surface area contributed by atoms with Gasteiger partial charge in [-0.25, -0.2) is 0 Å². The summed E-state index contributed by atoms with van der Waals surface area (Å²) in [6.07, 6.45) is 4.22. The molecule has 0 heterocycles. The summed E-state index contributed by atoms with van der Waals surface area (Å²) in [6, 6.07) is 7.07. The van der Waals surface area contributed by atoms with E-state index in [1.54, 1.807) is 0 Å². The van der Waals surface area contributed by atoms with Crippen molar-refractivity contribution in [3.8, 4) is 0 Å². The third-order valence-electron chi connectivity index (χ3n) is 3.47. The Hall–Kier alpha value is 0.140. The van der Waals surface area contributed by atoms with Crippen LogP contribution in [0.25, 0.3) is 0 Å². The van der Waals surface area contributed by atoms with Crippen LogP contribution in [0.3, 0.4) is 0 Å². The minimum atomic E-state index is 0.649. The molecule has 1 unspecified atom stereocenters. The van der Waals surface area contributed by atoms with E-state index in [2.05, 4.69) is 62.3 Å². The summed E-state index contributed by atoms with van der Waals surface area (Å²) in [5, 5.41) is 3.61. The molecule has 1 fully saturated rings. The lowest BCUT2D eigenvalue weighted by molar-refractivity contribution is 0.240. The highest BCUT2D eigenvalue weighted by Crippen LogP contribution is 2.29. The average molecular weight is 347 g/mol. The third kappa shape index (κ3) is 3.08. The van der Waals surface area contributed by atoms with E-state index < -0.39 is 0 Å². The highest BCUT2D eigenvalue weighted by atomic mass is 79.9. The van der Waals surface area contributed by atoms with Gasteiger partial charge in [-0.2, -0.15) is 0 Å². The van der Waals surface area contributed by atoms with Crippen LogP contribution in [0.1, 0.15) is 31.7 Å². The highest BCUT2D eigenvalue weighted by Gasteiger charge is 2.23. The Morgan fingerprint density at radius 1 is 1.31 bits per heavy atom. The molecule has 0 bridgehead atoms. The Labute approximate surface area is 114 Å². The molecular weight excluding hydrogens is 330 g/mol. The molecule has 1 N–H and O–H groups in total. The molecule has 0 saturated heterocycles. The van der Waals surface area contributed by atoms with Crippen molar-refractivity contribution in [2.45, 2.75) is 38.8 Å². The zero-order valence-corrected chi connectivity index (χ0v) is 12.6. The van der Waals surface area contributed by atoms with Gasteiger partial charge < -0.3 is 5.32 Å². The predicted octanol–water partition coefficient (Wildman–Crippen LogP) is 4.49. The number of benzene rings is 1. The molecule has 1 aromatic rings. The van der Waals surface area contributed by atoms with Gasteiger partial charge in [-0.1, -0.05) is 12.5 Å². The van der Waals surface area contributed by atoms with E-state index in [0.29, 0.717) is 6.04 Å². The molecule has 0 aromatic heterocycles. The van der Waals surface area contributed by atoms with E-state index in [0.717, 1.165) is 21.4 Å². The molecule has 0 aliphatic heterocycles. The summed E-state index contributed by atoms with van der Waals surface area (Å²) in [7, 11) is 0. The van der Waals surface area contributed by atoms with E-state index >= 15 is 0 Å². The summed E-state index contributed by atoms with van der Waals surface area (Å²) in [5.41, 5.74) is 1.33. The summed E-state index contributed by atoms with van der Waals surface area (Å²) in [6.45, 7) is 3.27. The van der Waals surface area contributed by atoms with Gasteiger partial charge in [0.1, 0.15) is 0 Å². The second-order valence-corrected chi connectivity index (χ2v) is 6.32. The molecule has 1 aromatic carbocycles. The van der Waals surface area contributed by atoms with Crippen molar-refractivity contribution in [1.82, 2.24) is 5.32 Å². The van der Waals surface area contributed by atoms with Gasteiger partial charge in [-0.05, 0) is 75.2 Å². The van der Waals surface area contributed by atoms with Crippen LogP contribution in [0.5, 0.6) is 0 Å². The lowest BCUT2D eigenvalue weighted by atomic mass is 9.80. The lowest BCUT2D eigenvalue weighted by Crippen LogP contribution is -2.36. The maximum Gasteiger partial charge on any atom is 0.0320 e. The number of hydrogen-bond donors (Lipinski definition) is 1. The quantitative estimate of drug-likeness (QED) is 0.846. The van der Waals surface area contributed by atoms with Crippen LogP contribution in [-0.4, -0.2) is 6.04 Å². The molecule has 88 valence electrons. The van der Waals surface area contributed by atoms with E-state index in [1.807, 2.05) is 0 Å². The van der Waals surface area contributed by atoms with Gasteiger partial charge in [-0.15, -0.1) is 0 Å². The Balaban J connectivity index is 1.86. The molecule has 16 heavy (non-hydrogen) atoms. The number of rotatable bonds is 4. The fourth-order valence-corrected chi connectivity index (χ4v) is 2.71. The minimum absolute atomic E-state index is 0.649. The molecule has 1 saturated carbocycles. The normalized spacial score (nSPS) is 18.2. The smallest absolute Gasteiger partial charge is 0.0320 e. The molecule has 1 atom stereocenters. The van der Waals surface area contributed by atoms with Gasteiger partial charge in [0.15, 0.2) is 0 Å². The maximum absolute atomic E-state index is 3.61. The van der Waals surface area contributed by atoms with Gasteiger partial charge in [0.2, 0.25) is 0 Å². The monoisotopic (exact) mass is 345 g/mol. The van der Waals surface area contributed by atoms with Crippen LogP contribution in [0.4, 0.5) is 0 Å². The van der Waals surface area contributed by atoms with E-state index in [1.165, 1.54) is 24.8 Å². The average Bonchev–Trinajstić information content (AvgIpc) is 2.17. The van der Waals surface area contributed by atoms with Crippen molar-refractivity contribution in [2.24, 2.45) is 5.92 Å². The lowest BCUT2D eigenvalue weighted by Gasteiger charge is -2.32. The summed E-state index contributed by atoms with van der Waals surface area (Å²) in [5.74, 6) is 0.902. The van der Waals surface area contributed by atoms with Crippen molar-refractivity contribution in [3.63, 3.8) is 0 Å². The second kappa shape index (κ2) is 5.65. The highest BCUT2D eigenvalue weighted by molar-refractivity contribution is 9.13. The Bertz CT molecular complexity index is 361. The second-order valence-electron chi connectivity index (χ2n) is 4.61. The summed E-state index contributed by atoms with van der Waals surface area (Å²) >= 11 is 7.02. The summed E-state index contributed by atoms with van der Waals surface area (Å²) in [4.78, 5) is 0. The molecule has 3 heteroatoms. The van der Waals surface area contributed by atoms with Crippen LogP contribution in [0.2, 0.25) is 0 Å². The first-order chi connectivity index (χ1) is 7.66. The van der Waals surface area contributed by atoms with E-state index in [4.69, 9.17) is 0 Å². The van der Waals surface area contributed by atoms with E-state index in [-0.39, 0.29) is 0 Å². The largest absolute Gasteiger partial charge is 0.310 e. The molecule has 0 radical (unpaired) electrons. The van der Waals surface area contributed by atoms with Crippen molar-refractivity contribution in [1.29, 1.82) is 0 Å². The first-order valence-corrected chi connectivity index (χ1v) is 7.42. The van der Waals surface area contributed by atoms with Crippen molar-refractivity contribution >= 4 is 31.9 Å². The van der Waals surface area contributed by atoms with Crippen LogP contribution in [-0.2, 0) is 6.54 Å². The molecule has 1 aliphatic carbocycles. The molecule has 2 rings (SSSR count). The molecule has 1 nitrogen and oxygen atoms in total. The van der Waals surface area contributed by atoms with Gasteiger partial charge in [0.05, 0.1) is 0 Å². The van der Waals surface area contributed by atoms with Crippen LogP contribution in [0, 0.1) is 5.92 Å². The van der Waals surface area contributed by atoms with Crippen molar-refractivity contribution in [3.05, 3.63) is 32.7 Å². The van der Waals surface area contributed by atoms with E-state index in [9.17, 15) is 0 Å². The number of nitrogens with one attached hydrogen (secondary N) is 1. The zero-order valence-electron chi connectivity index (χ0n) is 9.47. The Kier molecular flexibility index (Phi) is 4.45. The zero-order chi connectivity index (χ0) is 11.5. The number of hydrogen-bond acceptors (Lipinski definition) is 1. The predicted molar refractivity (Wildman–Crippen MR) is 75.5 cm³/mol. The topological polar surface area (TPSA) is 12.0 Å². The number of halogens is 2. The van der Waals surface area contributed by atoms with Gasteiger partial charge >= 0.3 is 0 Å².